The van der Waals surface area contributed by atoms with Gasteiger partial charge in [-0.2, -0.15) is 0 Å². The van der Waals surface area contributed by atoms with Crippen LogP contribution in [0.2, 0.25) is 0 Å². The normalized spacial score (nSPS) is 15.7. The van der Waals surface area contributed by atoms with Crippen LogP contribution in [0.3, 0.4) is 0 Å². The predicted molar refractivity (Wildman–Crippen MR) is 96.6 cm³/mol. The number of amides is 1. The van der Waals surface area contributed by atoms with Crippen molar-refractivity contribution >= 4 is 17.2 Å². The monoisotopic (exact) mass is 345 g/mol. The van der Waals surface area contributed by atoms with Gasteiger partial charge in [-0.25, -0.2) is 0 Å². The summed E-state index contributed by atoms with van der Waals surface area (Å²) >= 11 is 1.52. The van der Waals surface area contributed by atoms with E-state index in [4.69, 9.17) is 0 Å². The van der Waals surface area contributed by atoms with Crippen molar-refractivity contribution in [2.24, 2.45) is 0 Å². The van der Waals surface area contributed by atoms with Crippen molar-refractivity contribution in [1.82, 2.24) is 14.4 Å². The van der Waals surface area contributed by atoms with Gasteiger partial charge >= 0.3 is 0 Å². The highest BCUT2D eigenvalue weighted by Crippen LogP contribution is 2.19. The van der Waals surface area contributed by atoms with Crippen LogP contribution in [0, 0.1) is 6.92 Å². The lowest BCUT2D eigenvalue weighted by Crippen LogP contribution is -2.48. The summed E-state index contributed by atoms with van der Waals surface area (Å²) in [5.74, 6) is 0.154. The molecule has 0 aliphatic carbocycles. The molecule has 2 aromatic rings. The van der Waals surface area contributed by atoms with Crippen molar-refractivity contribution in [3.05, 3.63) is 56.1 Å². The van der Waals surface area contributed by atoms with E-state index in [9.17, 15) is 9.59 Å². The Morgan fingerprint density at radius 1 is 1.17 bits per heavy atom. The Hall–Kier alpha value is -1.92. The van der Waals surface area contributed by atoms with Gasteiger partial charge in [0.05, 0.1) is 4.88 Å². The quantitative estimate of drug-likeness (QED) is 0.853. The molecule has 3 heterocycles. The molecule has 1 fully saturated rings. The van der Waals surface area contributed by atoms with Gasteiger partial charge < -0.3 is 9.47 Å². The molecule has 128 valence electrons. The average Bonchev–Trinajstić information content (AvgIpc) is 3.02. The fourth-order valence-electron chi connectivity index (χ4n) is 3.02. The molecule has 1 amide bonds. The summed E-state index contributed by atoms with van der Waals surface area (Å²) in [5.41, 5.74) is 2.25. The van der Waals surface area contributed by atoms with Crippen molar-refractivity contribution in [2.75, 3.05) is 26.2 Å². The van der Waals surface area contributed by atoms with Gasteiger partial charge in [-0.15, -0.1) is 11.3 Å². The summed E-state index contributed by atoms with van der Waals surface area (Å²) in [6.45, 7) is 8.70. The molecule has 2 aromatic heterocycles. The van der Waals surface area contributed by atoms with Crippen LogP contribution in [0.5, 0.6) is 0 Å². The second-order valence-electron chi connectivity index (χ2n) is 6.16. The first-order valence-electron chi connectivity index (χ1n) is 8.33. The van der Waals surface area contributed by atoms with E-state index >= 15 is 0 Å². The predicted octanol–water partition coefficient (Wildman–Crippen LogP) is 2.20. The second kappa shape index (κ2) is 7.32. The Morgan fingerprint density at radius 3 is 2.54 bits per heavy atom. The van der Waals surface area contributed by atoms with E-state index in [1.54, 1.807) is 10.6 Å². The fourth-order valence-corrected chi connectivity index (χ4v) is 3.92. The van der Waals surface area contributed by atoms with Crippen LogP contribution in [0.25, 0.3) is 0 Å². The fraction of sp³-hybridized carbons (Fsp3) is 0.444. The number of hydrogen-bond acceptors (Lipinski definition) is 4. The van der Waals surface area contributed by atoms with Crippen molar-refractivity contribution < 1.29 is 4.79 Å². The molecule has 24 heavy (non-hydrogen) atoms. The van der Waals surface area contributed by atoms with E-state index in [1.165, 1.54) is 11.3 Å². The molecule has 1 saturated heterocycles. The zero-order valence-corrected chi connectivity index (χ0v) is 15.0. The molecule has 6 heteroatoms. The van der Waals surface area contributed by atoms with Crippen LogP contribution in [-0.4, -0.2) is 46.5 Å². The van der Waals surface area contributed by atoms with Crippen LogP contribution in [0.15, 0.2) is 34.6 Å². The Balaban J connectivity index is 1.58. The summed E-state index contributed by atoms with van der Waals surface area (Å²) in [6.07, 6.45) is 1.94. The van der Waals surface area contributed by atoms with Gasteiger partial charge in [-0.1, -0.05) is 6.07 Å². The SMILES string of the molecule is CCn1cc(CN2CCN(C(=O)c3sccc3C)CC2)ccc1=O. The number of aryl methyl sites for hydroxylation is 2. The number of hydrogen-bond donors (Lipinski definition) is 0. The molecule has 0 unspecified atom stereocenters. The molecule has 1 aliphatic rings. The van der Waals surface area contributed by atoms with Crippen molar-refractivity contribution in [3.63, 3.8) is 0 Å². The Labute approximate surface area is 146 Å². The third kappa shape index (κ3) is 3.60. The van der Waals surface area contributed by atoms with E-state index in [-0.39, 0.29) is 11.5 Å². The maximum atomic E-state index is 12.5. The number of nitrogens with zero attached hydrogens (tertiary/aromatic N) is 3. The number of pyridine rings is 1. The number of piperazine rings is 1. The number of carbonyl (C=O) groups excluding carboxylic acids is 1. The topological polar surface area (TPSA) is 45.5 Å². The molecule has 0 saturated carbocycles. The van der Waals surface area contributed by atoms with Crippen LogP contribution in [0.1, 0.15) is 27.7 Å². The van der Waals surface area contributed by atoms with Crippen molar-refractivity contribution in [3.8, 4) is 0 Å². The summed E-state index contributed by atoms with van der Waals surface area (Å²) in [7, 11) is 0. The van der Waals surface area contributed by atoms with Gasteiger partial charge in [0, 0.05) is 51.5 Å². The van der Waals surface area contributed by atoms with E-state index in [0.29, 0.717) is 6.54 Å². The van der Waals surface area contributed by atoms with Crippen LogP contribution in [-0.2, 0) is 13.1 Å². The van der Waals surface area contributed by atoms with Gasteiger partial charge in [0.15, 0.2) is 0 Å². The molecule has 1 aliphatic heterocycles. The molecule has 0 atom stereocenters. The number of aromatic nitrogens is 1. The van der Waals surface area contributed by atoms with Crippen molar-refractivity contribution in [1.29, 1.82) is 0 Å². The molecule has 0 aromatic carbocycles. The number of carbonyl (C=O) groups is 1. The van der Waals surface area contributed by atoms with E-state index in [1.807, 2.05) is 42.5 Å². The third-order valence-corrected chi connectivity index (χ3v) is 5.51. The first-order valence-corrected chi connectivity index (χ1v) is 9.21. The zero-order valence-electron chi connectivity index (χ0n) is 14.2. The molecular formula is C18H23N3O2S. The highest BCUT2D eigenvalue weighted by Gasteiger charge is 2.23. The average molecular weight is 345 g/mol. The number of rotatable bonds is 4. The lowest BCUT2D eigenvalue weighted by molar-refractivity contribution is 0.0632. The van der Waals surface area contributed by atoms with Gasteiger partial charge in [0.1, 0.15) is 0 Å². The molecule has 0 bridgehead atoms. The summed E-state index contributed by atoms with van der Waals surface area (Å²) < 4.78 is 1.73. The second-order valence-corrected chi connectivity index (χ2v) is 7.08. The van der Waals surface area contributed by atoms with E-state index < -0.39 is 0 Å². The molecule has 0 N–H and O–H groups in total. The molecule has 0 spiro atoms. The number of thiophene rings is 1. The Morgan fingerprint density at radius 2 is 1.92 bits per heavy atom. The smallest absolute Gasteiger partial charge is 0.264 e. The maximum absolute atomic E-state index is 12.5. The zero-order chi connectivity index (χ0) is 17.1. The standard InChI is InChI=1S/C18H23N3O2S/c1-3-20-13-15(4-5-16(20)22)12-19-7-9-21(10-8-19)18(23)17-14(2)6-11-24-17/h4-6,11,13H,3,7-10,12H2,1-2H3. The van der Waals surface area contributed by atoms with Crippen molar-refractivity contribution in [2.45, 2.75) is 26.9 Å². The van der Waals surface area contributed by atoms with Crippen LogP contribution < -0.4 is 5.56 Å². The summed E-state index contributed by atoms with van der Waals surface area (Å²) in [5, 5.41) is 1.97. The van der Waals surface area contributed by atoms with Crippen LogP contribution in [0.4, 0.5) is 0 Å². The summed E-state index contributed by atoms with van der Waals surface area (Å²) in [4.78, 5) is 29.4. The third-order valence-electron chi connectivity index (χ3n) is 4.51. The minimum atomic E-state index is 0.0444. The Kier molecular flexibility index (Phi) is 5.16. The molecule has 3 rings (SSSR count). The largest absolute Gasteiger partial charge is 0.335 e. The highest BCUT2D eigenvalue weighted by atomic mass is 32.1. The lowest BCUT2D eigenvalue weighted by atomic mass is 10.2. The van der Waals surface area contributed by atoms with Gasteiger partial charge in [0.2, 0.25) is 0 Å². The summed E-state index contributed by atoms with van der Waals surface area (Å²) in [6, 6.07) is 5.54. The highest BCUT2D eigenvalue weighted by molar-refractivity contribution is 7.12. The minimum absolute atomic E-state index is 0.0444. The van der Waals surface area contributed by atoms with E-state index in [0.717, 1.165) is 48.7 Å². The maximum Gasteiger partial charge on any atom is 0.264 e. The van der Waals surface area contributed by atoms with E-state index in [2.05, 4.69) is 4.90 Å². The minimum Gasteiger partial charge on any atom is -0.335 e. The van der Waals surface area contributed by atoms with Gasteiger partial charge in [-0.05, 0) is 36.4 Å². The molecular weight excluding hydrogens is 322 g/mol. The molecule has 5 nitrogen and oxygen atoms in total. The van der Waals surface area contributed by atoms with Gasteiger partial charge in [-0.3, -0.25) is 14.5 Å². The Bertz CT molecular complexity index is 773. The first kappa shape index (κ1) is 16.9. The lowest BCUT2D eigenvalue weighted by Gasteiger charge is -2.34. The van der Waals surface area contributed by atoms with Gasteiger partial charge in [0.25, 0.3) is 11.5 Å². The molecule has 0 radical (unpaired) electrons. The van der Waals surface area contributed by atoms with Crippen LogP contribution >= 0.6 is 11.3 Å². The first-order chi connectivity index (χ1) is 11.6.